The van der Waals surface area contributed by atoms with E-state index in [1.807, 2.05) is 41.5 Å². The van der Waals surface area contributed by atoms with Gasteiger partial charge in [0.15, 0.2) is 0 Å². The molecule has 0 aromatic carbocycles. The molecule has 1 heteroatoms. The van der Waals surface area contributed by atoms with E-state index in [1.165, 1.54) is 0 Å². The van der Waals surface area contributed by atoms with Gasteiger partial charge in [0.05, 0.1) is 0 Å². The van der Waals surface area contributed by atoms with Crippen LogP contribution in [0.15, 0.2) is 0 Å². The molecule has 0 aliphatic heterocycles. The molecule has 0 radical (unpaired) electrons. The summed E-state index contributed by atoms with van der Waals surface area (Å²) in [6.45, 7) is 12.0. The molecular formula is C7H21Li. The van der Waals surface area contributed by atoms with Crippen LogP contribution < -0.4 is 18.9 Å². The van der Waals surface area contributed by atoms with Crippen LogP contribution in [0, 0.1) is 7.43 Å². The van der Waals surface area contributed by atoms with E-state index in [9.17, 15) is 0 Å². The molecule has 0 aliphatic carbocycles. The van der Waals surface area contributed by atoms with Gasteiger partial charge in [0.1, 0.15) is 0 Å². The molecule has 0 fully saturated rings. The summed E-state index contributed by atoms with van der Waals surface area (Å²) in [6, 6.07) is 0. The SMILES string of the molecule is CC.CC.CC.[CH3-].[Li+]. The van der Waals surface area contributed by atoms with E-state index in [4.69, 9.17) is 0 Å². The Balaban J connectivity index is -0.00000000500. The van der Waals surface area contributed by atoms with Crippen LogP contribution in [0.25, 0.3) is 0 Å². The number of hydrogen-bond donors (Lipinski definition) is 0. The third-order valence-electron chi connectivity index (χ3n) is 0. The van der Waals surface area contributed by atoms with Crippen molar-refractivity contribution < 1.29 is 18.9 Å². The minimum atomic E-state index is 0. The zero-order valence-electron chi connectivity index (χ0n) is 8.00. The summed E-state index contributed by atoms with van der Waals surface area (Å²) in [6.07, 6.45) is 0. The number of rotatable bonds is 0. The van der Waals surface area contributed by atoms with Gasteiger partial charge < -0.3 is 7.43 Å². The molecule has 8 heavy (non-hydrogen) atoms. The van der Waals surface area contributed by atoms with Crippen molar-refractivity contribution in [3.05, 3.63) is 7.43 Å². The molecule has 0 atom stereocenters. The summed E-state index contributed by atoms with van der Waals surface area (Å²) in [4.78, 5) is 0. The van der Waals surface area contributed by atoms with Gasteiger partial charge in [-0.1, -0.05) is 41.5 Å². The van der Waals surface area contributed by atoms with Crippen LogP contribution in [0.3, 0.4) is 0 Å². The smallest absolute Gasteiger partial charge is 0.358 e. The Morgan fingerprint density at radius 2 is 0.500 bits per heavy atom. The molecule has 50 valence electrons. The maximum Gasteiger partial charge on any atom is 1.00 e. The third kappa shape index (κ3) is 579. The summed E-state index contributed by atoms with van der Waals surface area (Å²) in [5, 5.41) is 0. The van der Waals surface area contributed by atoms with Crippen LogP contribution in [0.5, 0.6) is 0 Å². The normalized spacial score (nSPS) is 2.25. The van der Waals surface area contributed by atoms with Gasteiger partial charge in [-0.05, 0) is 0 Å². The summed E-state index contributed by atoms with van der Waals surface area (Å²) in [7, 11) is 0. The van der Waals surface area contributed by atoms with Crippen LogP contribution >= 0.6 is 0 Å². The van der Waals surface area contributed by atoms with E-state index in [-0.39, 0.29) is 26.3 Å². The average Bonchev–Trinajstić information content (AvgIpc) is 1.81. The van der Waals surface area contributed by atoms with Crippen molar-refractivity contribution in [1.82, 2.24) is 0 Å². The zero-order chi connectivity index (χ0) is 6.00. The van der Waals surface area contributed by atoms with Crippen LogP contribution in [0.4, 0.5) is 0 Å². The minimum absolute atomic E-state index is 0. The standard InChI is InChI=1S/3C2H6.CH3.Li/c3*1-2;;/h3*1-2H3;1H3;/q;;;-1;+1. The Morgan fingerprint density at radius 1 is 0.500 bits per heavy atom. The van der Waals surface area contributed by atoms with Crippen molar-refractivity contribution in [1.29, 1.82) is 0 Å². The van der Waals surface area contributed by atoms with E-state index >= 15 is 0 Å². The van der Waals surface area contributed by atoms with Gasteiger partial charge in [-0.3, -0.25) is 0 Å². The molecule has 0 aromatic heterocycles. The van der Waals surface area contributed by atoms with Crippen molar-refractivity contribution in [2.24, 2.45) is 0 Å². The zero-order valence-corrected chi connectivity index (χ0v) is 8.00. The Hall–Kier alpha value is 0.597. The first kappa shape index (κ1) is 38.3. The van der Waals surface area contributed by atoms with E-state index < -0.39 is 0 Å². The monoisotopic (exact) mass is 112 g/mol. The molecule has 0 nitrogen and oxygen atoms in total. The number of hydrogen-bond acceptors (Lipinski definition) is 0. The molecule has 0 heterocycles. The first-order valence-corrected chi connectivity index (χ1v) is 3.00. The second-order valence-electron chi connectivity index (χ2n) is 0. The first-order valence-electron chi connectivity index (χ1n) is 3.00. The van der Waals surface area contributed by atoms with Gasteiger partial charge in [-0.15, -0.1) is 0 Å². The fourth-order valence-corrected chi connectivity index (χ4v) is 0. The Morgan fingerprint density at radius 3 is 0.500 bits per heavy atom. The second kappa shape index (κ2) is 927. The Bertz CT molecular complexity index is 4.35. The van der Waals surface area contributed by atoms with Crippen LogP contribution in [0.1, 0.15) is 41.5 Å². The Labute approximate surface area is 68.2 Å². The minimum Gasteiger partial charge on any atom is -0.358 e. The largest absolute Gasteiger partial charge is 1.00 e. The molecule has 0 saturated heterocycles. The molecule has 0 aliphatic rings. The molecule has 0 bridgehead atoms. The first-order chi connectivity index (χ1) is 3.00. The van der Waals surface area contributed by atoms with E-state index in [1.54, 1.807) is 0 Å². The fourth-order valence-electron chi connectivity index (χ4n) is 0. The van der Waals surface area contributed by atoms with Gasteiger partial charge in [-0.2, -0.15) is 0 Å². The summed E-state index contributed by atoms with van der Waals surface area (Å²) < 4.78 is 0. The van der Waals surface area contributed by atoms with Crippen molar-refractivity contribution in [2.75, 3.05) is 0 Å². The van der Waals surface area contributed by atoms with Crippen molar-refractivity contribution in [2.45, 2.75) is 41.5 Å². The summed E-state index contributed by atoms with van der Waals surface area (Å²) in [5.74, 6) is 0. The molecule has 0 rings (SSSR count). The Kier molecular flexibility index (Phi) is 4440. The second-order valence-corrected chi connectivity index (χ2v) is 0. The predicted octanol–water partition coefficient (Wildman–Crippen LogP) is 0.533. The molecule has 0 N–H and O–H groups in total. The van der Waals surface area contributed by atoms with Crippen LogP contribution in [0.2, 0.25) is 0 Å². The molecule has 0 aromatic rings. The maximum absolute atomic E-state index is 2.00. The topological polar surface area (TPSA) is 0 Å². The van der Waals surface area contributed by atoms with Crippen LogP contribution in [-0.2, 0) is 0 Å². The van der Waals surface area contributed by atoms with Crippen molar-refractivity contribution >= 4 is 0 Å². The van der Waals surface area contributed by atoms with Gasteiger partial charge in [0.25, 0.3) is 0 Å². The summed E-state index contributed by atoms with van der Waals surface area (Å²) >= 11 is 0. The van der Waals surface area contributed by atoms with Gasteiger partial charge in [0, 0.05) is 0 Å². The van der Waals surface area contributed by atoms with Crippen molar-refractivity contribution in [3.63, 3.8) is 0 Å². The molecule has 0 unspecified atom stereocenters. The summed E-state index contributed by atoms with van der Waals surface area (Å²) in [5.41, 5.74) is 0. The van der Waals surface area contributed by atoms with Gasteiger partial charge >= 0.3 is 18.9 Å². The fraction of sp³-hybridized carbons (Fsp3) is 0.857. The molecule has 0 saturated carbocycles. The van der Waals surface area contributed by atoms with Crippen LogP contribution in [-0.4, -0.2) is 0 Å². The molecule has 0 amide bonds. The molecule has 0 spiro atoms. The van der Waals surface area contributed by atoms with E-state index in [2.05, 4.69) is 0 Å². The third-order valence-corrected chi connectivity index (χ3v) is 0. The quantitative estimate of drug-likeness (QED) is 0.317. The van der Waals surface area contributed by atoms with E-state index in [0.717, 1.165) is 0 Å². The molecular weight excluding hydrogens is 91.0 g/mol. The van der Waals surface area contributed by atoms with Gasteiger partial charge in [-0.25, -0.2) is 0 Å². The predicted molar refractivity (Wildman–Crippen MR) is 40.5 cm³/mol. The van der Waals surface area contributed by atoms with Gasteiger partial charge in [0.2, 0.25) is 0 Å². The maximum atomic E-state index is 2.00. The van der Waals surface area contributed by atoms with Crippen molar-refractivity contribution in [3.8, 4) is 0 Å². The average molecular weight is 112 g/mol. The van der Waals surface area contributed by atoms with E-state index in [0.29, 0.717) is 0 Å².